The number of hydrogen-bond acceptors (Lipinski definition) is 4. The van der Waals surface area contributed by atoms with Gasteiger partial charge in [0.2, 0.25) is 5.89 Å². The van der Waals surface area contributed by atoms with Gasteiger partial charge in [0.25, 0.3) is 0 Å². The molecule has 0 saturated heterocycles. The lowest BCUT2D eigenvalue weighted by molar-refractivity contribution is 0.568. The first-order valence-corrected chi connectivity index (χ1v) is 7.42. The molecule has 20 heavy (non-hydrogen) atoms. The first-order chi connectivity index (χ1) is 9.85. The summed E-state index contributed by atoms with van der Waals surface area (Å²) in [5.74, 6) is 0.626. The van der Waals surface area contributed by atoms with Gasteiger partial charge in [-0.1, -0.05) is 39.3 Å². The van der Waals surface area contributed by atoms with E-state index in [0.29, 0.717) is 12.4 Å². The second kappa shape index (κ2) is 6.00. The summed E-state index contributed by atoms with van der Waals surface area (Å²) >= 11 is 3.39. The van der Waals surface area contributed by atoms with Gasteiger partial charge in [0.05, 0.1) is 12.2 Å². The van der Waals surface area contributed by atoms with Gasteiger partial charge in [-0.3, -0.25) is 0 Å². The first kappa shape index (κ1) is 13.1. The molecule has 1 aromatic carbocycles. The molecule has 0 bridgehead atoms. The largest absolute Gasteiger partial charge is 0.444 e. The maximum atomic E-state index is 5.50. The molecule has 0 fully saturated rings. The molecule has 0 aliphatic heterocycles. The summed E-state index contributed by atoms with van der Waals surface area (Å²) in [6.45, 7) is 0.561. The van der Waals surface area contributed by atoms with Crippen molar-refractivity contribution in [3.05, 3.63) is 54.2 Å². The van der Waals surface area contributed by atoms with Crippen LogP contribution in [0.5, 0.6) is 0 Å². The molecule has 0 amide bonds. The summed E-state index contributed by atoms with van der Waals surface area (Å²) in [5, 5.41) is 9.05. The van der Waals surface area contributed by atoms with Crippen LogP contribution in [-0.4, -0.2) is 25.3 Å². The fourth-order valence-corrected chi connectivity index (χ4v) is 2.29. The molecule has 0 aliphatic carbocycles. The lowest BCUT2D eigenvalue weighted by Gasteiger charge is -1.94. The van der Waals surface area contributed by atoms with Gasteiger partial charge in [0.15, 0.2) is 0 Å². The summed E-state index contributed by atoms with van der Waals surface area (Å²) in [6.07, 6.45) is 4.46. The molecule has 0 aliphatic rings. The number of aryl methyl sites for hydroxylation is 1. The molecule has 3 aromatic rings. The zero-order valence-corrected chi connectivity index (χ0v) is 12.3. The maximum absolute atomic E-state index is 5.50. The maximum Gasteiger partial charge on any atom is 0.226 e. The SMILES string of the molecule is BrCCc1cn(Cc2coc(-c3ccccc3)n2)nn1. The monoisotopic (exact) mass is 332 g/mol. The van der Waals surface area contributed by atoms with Gasteiger partial charge in [-0.15, -0.1) is 5.10 Å². The number of oxazole rings is 1. The van der Waals surface area contributed by atoms with Crippen molar-refractivity contribution in [2.24, 2.45) is 0 Å². The number of alkyl halides is 1. The zero-order valence-electron chi connectivity index (χ0n) is 10.7. The van der Waals surface area contributed by atoms with Crippen molar-refractivity contribution < 1.29 is 4.42 Å². The van der Waals surface area contributed by atoms with Gasteiger partial charge in [-0.05, 0) is 12.1 Å². The van der Waals surface area contributed by atoms with Gasteiger partial charge < -0.3 is 4.42 Å². The highest BCUT2D eigenvalue weighted by Crippen LogP contribution is 2.18. The molecule has 3 rings (SSSR count). The van der Waals surface area contributed by atoms with Crippen LogP contribution in [0.1, 0.15) is 11.4 Å². The highest BCUT2D eigenvalue weighted by atomic mass is 79.9. The van der Waals surface area contributed by atoms with Gasteiger partial charge in [0, 0.05) is 23.5 Å². The molecule has 0 saturated carbocycles. The van der Waals surface area contributed by atoms with E-state index in [1.54, 1.807) is 10.9 Å². The Morgan fingerprint density at radius 1 is 1.15 bits per heavy atom. The van der Waals surface area contributed by atoms with E-state index in [4.69, 9.17) is 4.42 Å². The minimum absolute atomic E-state index is 0.561. The van der Waals surface area contributed by atoms with Crippen molar-refractivity contribution in [2.45, 2.75) is 13.0 Å². The van der Waals surface area contributed by atoms with Crippen molar-refractivity contribution in [3.63, 3.8) is 0 Å². The Morgan fingerprint density at radius 2 is 2.00 bits per heavy atom. The highest BCUT2D eigenvalue weighted by Gasteiger charge is 2.08. The highest BCUT2D eigenvalue weighted by molar-refractivity contribution is 9.09. The van der Waals surface area contributed by atoms with Crippen molar-refractivity contribution in [3.8, 4) is 11.5 Å². The van der Waals surface area contributed by atoms with Crippen LogP contribution in [-0.2, 0) is 13.0 Å². The molecule has 0 unspecified atom stereocenters. The van der Waals surface area contributed by atoms with Crippen LogP contribution in [0, 0.1) is 0 Å². The van der Waals surface area contributed by atoms with Crippen LogP contribution >= 0.6 is 15.9 Å². The summed E-state index contributed by atoms with van der Waals surface area (Å²) in [4.78, 5) is 4.47. The molecule has 102 valence electrons. The Hall–Kier alpha value is -1.95. The molecule has 0 spiro atoms. The molecule has 0 N–H and O–H groups in total. The lowest BCUT2D eigenvalue weighted by Crippen LogP contribution is -2.00. The Bertz CT molecular complexity index is 677. The number of aromatic nitrogens is 4. The number of hydrogen-bond donors (Lipinski definition) is 0. The van der Waals surface area contributed by atoms with Crippen LogP contribution in [0.15, 0.2) is 47.2 Å². The minimum atomic E-state index is 0.561. The van der Waals surface area contributed by atoms with E-state index in [1.165, 1.54) is 0 Å². The van der Waals surface area contributed by atoms with E-state index in [2.05, 4.69) is 31.2 Å². The predicted molar refractivity (Wildman–Crippen MR) is 78.6 cm³/mol. The molecule has 2 heterocycles. The Morgan fingerprint density at radius 3 is 2.80 bits per heavy atom. The molecular weight excluding hydrogens is 320 g/mol. The second-order valence-corrected chi connectivity index (χ2v) is 5.15. The van der Waals surface area contributed by atoms with Crippen molar-refractivity contribution in [1.82, 2.24) is 20.0 Å². The van der Waals surface area contributed by atoms with E-state index in [1.807, 2.05) is 36.5 Å². The van der Waals surface area contributed by atoms with Crippen LogP contribution in [0.3, 0.4) is 0 Å². The van der Waals surface area contributed by atoms with Crippen LogP contribution in [0.2, 0.25) is 0 Å². The number of nitrogens with zero attached hydrogens (tertiary/aromatic N) is 4. The normalized spacial score (nSPS) is 10.8. The fourth-order valence-electron chi connectivity index (χ4n) is 1.89. The summed E-state index contributed by atoms with van der Waals surface area (Å²) < 4.78 is 7.27. The topological polar surface area (TPSA) is 56.7 Å². The molecule has 5 nitrogen and oxygen atoms in total. The van der Waals surface area contributed by atoms with Gasteiger partial charge in [-0.25, -0.2) is 9.67 Å². The van der Waals surface area contributed by atoms with Crippen molar-refractivity contribution in [2.75, 3.05) is 5.33 Å². The van der Waals surface area contributed by atoms with Crippen molar-refractivity contribution in [1.29, 1.82) is 0 Å². The predicted octanol–water partition coefficient (Wildman–Crippen LogP) is 2.92. The van der Waals surface area contributed by atoms with E-state index in [-0.39, 0.29) is 0 Å². The van der Waals surface area contributed by atoms with Crippen molar-refractivity contribution >= 4 is 15.9 Å². The third-order valence-electron chi connectivity index (χ3n) is 2.83. The number of halogens is 1. The van der Waals surface area contributed by atoms with Crippen LogP contribution in [0.4, 0.5) is 0 Å². The zero-order chi connectivity index (χ0) is 13.8. The quantitative estimate of drug-likeness (QED) is 0.674. The molecule has 0 radical (unpaired) electrons. The summed E-state index contributed by atoms with van der Waals surface area (Å²) in [6, 6.07) is 9.83. The van der Waals surface area contributed by atoms with Gasteiger partial charge in [0.1, 0.15) is 12.0 Å². The molecule has 6 heteroatoms. The molecular formula is C14H13BrN4O. The van der Waals surface area contributed by atoms with E-state index in [0.717, 1.165) is 28.7 Å². The van der Waals surface area contributed by atoms with Gasteiger partial charge in [-0.2, -0.15) is 0 Å². The van der Waals surface area contributed by atoms with Gasteiger partial charge >= 0.3 is 0 Å². The third kappa shape index (κ3) is 2.96. The number of benzene rings is 1. The number of rotatable bonds is 5. The average molecular weight is 333 g/mol. The summed E-state index contributed by atoms with van der Waals surface area (Å²) in [7, 11) is 0. The van der Waals surface area contributed by atoms with Crippen LogP contribution < -0.4 is 0 Å². The lowest BCUT2D eigenvalue weighted by atomic mass is 10.2. The van der Waals surface area contributed by atoms with E-state index >= 15 is 0 Å². The Labute approximate surface area is 124 Å². The Balaban J connectivity index is 1.73. The van der Waals surface area contributed by atoms with E-state index in [9.17, 15) is 0 Å². The molecule has 0 atom stereocenters. The first-order valence-electron chi connectivity index (χ1n) is 6.30. The van der Waals surface area contributed by atoms with Crippen LogP contribution in [0.25, 0.3) is 11.5 Å². The summed E-state index contributed by atoms with van der Waals surface area (Å²) in [5.41, 5.74) is 2.77. The van der Waals surface area contributed by atoms with E-state index < -0.39 is 0 Å². The third-order valence-corrected chi connectivity index (χ3v) is 3.23. The standard InChI is InChI=1S/C14H13BrN4O/c15-7-6-12-8-19(18-17-12)9-13-10-20-14(16-13)11-4-2-1-3-5-11/h1-5,8,10H,6-7,9H2. The minimum Gasteiger partial charge on any atom is -0.444 e. The average Bonchev–Trinajstić information content (AvgIpc) is 3.11. The smallest absolute Gasteiger partial charge is 0.226 e. The Kier molecular flexibility index (Phi) is 3.92. The fraction of sp³-hybridized carbons (Fsp3) is 0.214. The molecule has 2 aromatic heterocycles. The second-order valence-electron chi connectivity index (χ2n) is 4.36.